The second-order valence-corrected chi connectivity index (χ2v) is 12.2. The van der Waals surface area contributed by atoms with Crippen molar-refractivity contribution in [1.29, 1.82) is 0 Å². The highest BCUT2D eigenvalue weighted by molar-refractivity contribution is 6.20. The van der Waals surface area contributed by atoms with Gasteiger partial charge in [0.05, 0.1) is 16.6 Å². The SMILES string of the molecule is C=c1c2c(C)c(C)cc(C)c2n2c3cc(CC(C)(C)C)ccc3c3ccc(/C(=C\C)c4ccccc4)c1c32. The summed E-state index contributed by atoms with van der Waals surface area (Å²) in [5.41, 5.74) is 13.1. The summed E-state index contributed by atoms with van der Waals surface area (Å²) in [4.78, 5) is 0. The molecule has 0 aliphatic heterocycles. The molecule has 1 nitrogen and oxygen atoms in total. The zero-order valence-electron chi connectivity index (χ0n) is 23.8. The van der Waals surface area contributed by atoms with Crippen LogP contribution in [0.25, 0.3) is 50.2 Å². The number of hydrogen-bond donors (Lipinski definition) is 0. The van der Waals surface area contributed by atoms with E-state index in [0.717, 1.165) is 11.6 Å². The second kappa shape index (κ2) is 8.60. The zero-order valence-corrected chi connectivity index (χ0v) is 23.8. The fourth-order valence-electron chi connectivity index (χ4n) is 6.59. The molecule has 1 heteroatoms. The molecule has 0 atom stereocenters. The van der Waals surface area contributed by atoms with Crippen LogP contribution in [-0.2, 0) is 6.42 Å². The Bertz CT molecular complexity index is 1960. The van der Waals surface area contributed by atoms with Gasteiger partial charge in [-0.25, -0.2) is 0 Å². The molecule has 2 heterocycles. The largest absolute Gasteiger partial charge is 0.308 e. The zero-order chi connectivity index (χ0) is 26.9. The van der Waals surface area contributed by atoms with Gasteiger partial charge in [-0.1, -0.05) is 94.1 Å². The Morgan fingerprint density at radius 3 is 2.21 bits per heavy atom. The number of hydrogen-bond acceptors (Lipinski definition) is 0. The molecule has 0 amide bonds. The molecule has 0 saturated heterocycles. The van der Waals surface area contributed by atoms with Crippen LogP contribution in [0.1, 0.15) is 61.1 Å². The van der Waals surface area contributed by atoms with Crippen LogP contribution in [-0.4, -0.2) is 4.40 Å². The summed E-state index contributed by atoms with van der Waals surface area (Å²) < 4.78 is 2.56. The standard InChI is InChI=1S/C37H37N/c1-9-28(27-13-11-10-12-14-27)30-17-18-31-29-16-15-26(21-37(6,7)8)20-32(29)38-35-23(3)19-22(2)24(4)33(35)25(5)34(30)36(31)38/h9-20H,5,21H2,1-4,6-8H3/b28-9-. The van der Waals surface area contributed by atoms with Gasteiger partial charge in [-0.2, -0.15) is 0 Å². The Morgan fingerprint density at radius 1 is 0.816 bits per heavy atom. The van der Waals surface area contributed by atoms with Crippen LogP contribution in [0.2, 0.25) is 0 Å². The predicted molar refractivity (Wildman–Crippen MR) is 167 cm³/mol. The molecule has 2 aromatic heterocycles. The topological polar surface area (TPSA) is 4.41 Å². The van der Waals surface area contributed by atoms with Gasteiger partial charge in [0.1, 0.15) is 0 Å². The van der Waals surface area contributed by atoms with Crippen molar-refractivity contribution in [3.05, 3.63) is 111 Å². The number of pyridine rings is 1. The highest BCUT2D eigenvalue weighted by atomic mass is 14.9. The smallest absolute Gasteiger partial charge is 0.0626 e. The highest BCUT2D eigenvalue weighted by Crippen LogP contribution is 2.40. The van der Waals surface area contributed by atoms with Crippen LogP contribution in [0.5, 0.6) is 0 Å². The molecule has 190 valence electrons. The van der Waals surface area contributed by atoms with E-state index < -0.39 is 0 Å². The molecular weight excluding hydrogens is 458 g/mol. The molecule has 0 radical (unpaired) electrons. The molecule has 0 saturated carbocycles. The first-order valence-corrected chi connectivity index (χ1v) is 13.7. The van der Waals surface area contributed by atoms with E-state index in [9.17, 15) is 0 Å². The maximum atomic E-state index is 4.79. The first-order valence-electron chi connectivity index (χ1n) is 13.7. The van der Waals surface area contributed by atoms with E-state index >= 15 is 0 Å². The Labute approximate surface area is 226 Å². The van der Waals surface area contributed by atoms with Gasteiger partial charge in [0, 0.05) is 21.5 Å². The first-order chi connectivity index (χ1) is 18.1. The average molecular weight is 496 g/mol. The third-order valence-electron chi connectivity index (χ3n) is 8.23. The summed E-state index contributed by atoms with van der Waals surface area (Å²) >= 11 is 0. The van der Waals surface area contributed by atoms with E-state index in [0.29, 0.717) is 0 Å². The van der Waals surface area contributed by atoms with E-state index in [2.05, 4.69) is 126 Å². The molecule has 0 aliphatic rings. The van der Waals surface area contributed by atoms with Gasteiger partial charge >= 0.3 is 0 Å². The number of nitrogens with zero attached hydrogens (tertiary/aromatic N) is 1. The number of rotatable bonds is 3. The molecule has 6 aromatic rings. The summed E-state index contributed by atoms with van der Waals surface area (Å²) in [7, 11) is 0. The van der Waals surface area contributed by atoms with E-state index in [1.54, 1.807) is 0 Å². The minimum absolute atomic E-state index is 0.228. The van der Waals surface area contributed by atoms with Crippen LogP contribution >= 0.6 is 0 Å². The number of aromatic nitrogens is 1. The maximum absolute atomic E-state index is 4.79. The lowest BCUT2D eigenvalue weighted by Gasteiger charge is -2.19. The summed E-state index contributed by atoms with van der Waals surface area (Å²) in [5.74, 6) is 0. The van der Waals surface area contributed by atoms with Gasteiger partial charge < -0.3 is 4.40 Å². The van der Waals surface area contributed by atoms with Crippen molar-refractivity contribution in [2.45, 2.75) is 54.9 Å². The van der Waals surface area contributed by atoms with E-state index in [-0.39, 0.29) is 5.41 Å². The number of allylic oxidation sites excluding steroid dienone is 1. The van der Waals surface area contributed by atoms with Crippen LogP contribution in [0.15, 0.2) is 72.8 Å². The Morgan fingerprint density at radius 2 is 1.53 bits per heavy atom. The summed E-state index contributed by atoms with van der Waals surface area (Å²) in [5, 5.41) is 6.28. The van der Waals surface area contributed by atoms with Crippen molar-refractivity contribution in [3.8, 4) is 0 Å². The van der Waals surface area contributed by atoms with Crippen molar-refractivity contribution >= 4 is 50.2 Å². The number of benzene rings is 4. The molecule has 0 spiro atoms. The fraction of sp³-hybridized carbons (Fsp3) is 0.243. The summed E-state index contributed by atoms with van der Waals surface area (Å²) in [6, 6.07) is 24.8. The van der Waals surface area contributed by atoms with Crippen molar-refractivity contribution in [1.82, 2.24) is 4.40 Å². The fourth-order valence-corrected chi connectivity index (χ4v) is 6.59. The Hall–Kier alpha value is -3.84. The normalized spacial score (nSPS) is 13.0. The van der Waals surface area contributed by atoms with Crippen molar-refractivity contribution in [3.63, 3.8) is 0 Å². The van der Waals surface area contributed by atoms with E-state index in [4.69, 9.17) is 6.58 Å². The van der Waals surface area contributed by atoms with Gasteiger partial charge in [0.25, 0.3) is 0 Å². The Balaban J connectivity index is 1.87. The second-order valence-electron chi connectivity index (χ2n) is 12.2. The van der Waals surface area contributed by atoms with Gasteiger partial charge in [-0.05, 0) is 89.8 Å². The molecule has 0 fully saturated rings. The molecular formula is C37H37N. The molecule has 0 N–H and O–H groups in total. The summed E-state index contributed by atoms with van der Waals surface area (Å²) in [6.45, 7) is 20.6. The molecule has 6 rings (SSSR count). The lowest BCUT2D eigenvalue weighted by Crippen LogP contribution is -2.12. The Kier molecular flexibility index (Phi) is 5.54. The highest BCUT2D eigenvalue weighted by Gasteiger charge is 2.22. The third-order valence-corrected chi connectivity index (χ3v) is 8.23. The minimum Gasteiger partial charge on any atom is -0.308 e. The monoisotopic (exact) mass is 495 g/mol. The summed E-state index contributed by atoms with van der Waals surface area (Å²) in [6.07, 6.45) is 3.29. The molecule has 0 aliphatic carbocycles. The van der Waals surface area contributed by atoms with Crippen LogP contribution in [0.4, 0.5) is 0 Å². The minimum atomic E-state index is 0.228. The van der Waals surface area contributed by atoms with Gasteiger partial charge in [0.2, 0.25) is 0 Å². The van der Waals surface area contributed by atoms with Crippen molar-refractivity contribution in [2.75, 3.05) is 0 Å². The van der Waals surface area contributed by atoms with E-state index in [1.807, 2.05) is 0 Å². The van der Waals surface area contributed by atoms with Crippen LogP contribution in [0.3, 0.4) is 0 Å². The van der Waals surface area contributed by atoms with Crippen LogP contribution in [0, 0.1) is 26.2 Å². The van der Waals surface area contributed by atoms with Gasteiger partial charge in [-0.3, -0.25) is 0 Å². The number of aryl methyl sites for hydroxylation is 3. The van der Waals surface area contributed by atoms with Gasteiger partial charge in [-0.15, -0.1) is 0 Å². The molecule has 0 bridgehead atoms. The number of fused-ring (bicyclic) bond motifs is 5. The third kappa shape index (κ3) is 3.60. The maximum Gasteiger partial charge on any atom is 0.0626 e. The van der Waals surface area contributed by atoms with Crippen LogP contribution < -0.4 is 5.22 Å². The molecule has 0 unspecified atom stereocenters. The first kappa shape index (κ1) is 24.5. The lowest BCUT2D eigenvalue weighted by molar-refractivity contribution is 0.411. The molecule has 4 aromatic carbocycles. The molecule has 38 heavy (non-hydrogen) atoms. The quantitative estimate of drug-likeness (QED) is 0.215. The van der Waals surface area contributed by atoms with Crippen molar-refractivity contribution in [2.24, 2.45) is 5.41 Å². The van der Waals surface area contributed by atoms with Gasteiger partial charge in [0.15, 0.2) is 0 Å². The van der Waals surface area contributed by atoms with Crippen molar-refractivity contribution < 1.29 is 0 Å². The predicted octanol–water partition coefficient (Wildman–Crippen LogP) is 9.49. The van der Waals surface area contributed by atoms with E-state index in [1.165, 1.54) is 77.0 Å². The lowest BCUT2D eigenvalue weighted by atomic mass is 9.88. The average Bonchev–Trinajstić information content (AvgIpc) is 3.19.